The summed E-state index contributed by atoms with van der Waals surface area (Å²) in [6.07, 6.45) is 7.22. The molecule has 1 aromatic rings. The van der Waals surface area contributed by atoms with E-state index in [-0.39, 0.29) is 0 Å². The van der Waals surface area contributed by atoms with Crippen LogP contribution in [-0.4, -0.2) is 33.7 Å². The van der Waals surface area contributed by atoms with Gasteiger partial charge < -0.3 is 0 Å². The highest BCUT2D eigenvalue weighted by Gasteiger charge is 1.96. The molecule has 90 valence electrons. The first kappa shape index (κ1) is 13.8. The van der Waals surface area contributed by atoms with Gasteiger partial charge in [0.2, 0.25) is 0 Å². The van der Waals surface area contributed by atoms with Crippen LogP contribution in [-0.2, 0) is 5.75 Å². The average molecular weight is 267 g/mol. The molecule has 5 nitrogen and oxygen atoms in total. The first-order chi connectivity index (χ1) is 8.36. The van der Waals surface area contributed by atoms with Crippen LogP contribution in [0.25, 0.3) is 0 Å². The topological polar surface area (TPSA) is 74.0 Å². The van der Waals surface area contributed by atoms with Crippen LogP contribution in [0.2, 0.25) is 0 Å². The normalized spacial score (nSPS) is 10.9. The Morgan fingerprint density at radius 2 is 2.29 bits per heavy atom. The Morgan fingerprint density at radius 1 is 1.53 bits per heavy atom. The third-order valence-electron chi connectivity index (χ3n) is 1.70. The summed E-state index contributed by atoms with van der Waals surface area (Å²) in [5, 5.41) is 11.6. The molecule has 0 amide bonds. The molecule has 0 fully saturated rings. The van der Waals surface area contributed by atoms with E-state index in [0.29, 0.717) is 11.7 Å². The lowest BCUT2D eigenvalue weighted by molar-refractivity contribution is 1.03. The molecule has 0 unspecified atom stereocenters. The zero-order chi connectivity index (χ0) is 12.3. The largest absolute Gasteiger partial charge is 0.272 e. The second kappa shape index (κ2) is 8.84. The number of nitrogens with one attached hydrogen (secondary N) is 1. The molecule has 1 aromatic heterocycles. The van der Waals surface area contributed by atoms with Gasteiger partial charge in [-0.3, -0.25) is 10.3 Å². The number of nitriles is 1. The fourth-order valence-corrected chi connectivity index (χ4v) is 2.05. The highest BCUT2D eigenvalue weighted by molar-refractivity contribution is 8.13. The number of hydrogen-bond acceptors (Lipinski definition) is 6. The maximum absolute atomic E-state index is 8.44. The lowest BCUT2D eigenvalue weighted by atomic mass is 10.6. The van der Waals surface area contributed by atoms with Gasteiger partial charge >= 0.3 is 0 Å². The van der Waals surface area contributed by atoms with Crippen molar-refractivity contribution in [2.24, 2.45) is 4.99 Å². The van der Waals surface area contributed by atoms with Crippen molar-refractivity contribution in [3.8, 4) is 6.19 Å². The summed E-state index contributed by atoms with van der Waals surface area (Å²) >= 11 is 3.16. The monoisotopic (exact) mass is 267 g/mol. The van der Waals surface area contributed by atoms with Gasteiger partial charge in [0.1, 0.15) is 5.82 Å². The molecule has 0 saturated heterocycles. The zero-order valence-corrected chi connectivity index (χ0v) is 11.1. The molecular formula is C10H13N5S2. The molecule has 1 rings (SSSR count). The van der Waals surface area contributed by atoms with Gasteiger partial charge in [-0.25, -0.2) is 9.97 Å². The third kappa shape index (κ3) is 6.14. The number of aliphatic imine (C=N–C) groups is 1. The van der Waals surface area contributed by atoms with Gasteiger partial charge in [-0.05, 0) is 12.3 Å². The summed E-state index contributed by atoms with van der Waals surface area (Å²) in [4.78, 5) is 12.5. The summed E-state index contributed by atoms with van der Waals surface area (Å²) in [7, 11) is 0. The van der Waals surface area contributed by atoms with E-state index in [1.165, 1.54) is 11.8 Å². The molecule has 0 aliphatic rings. The number of nitrogens with zero attached hydrogens (tertiary/aromatic N) is 4. The molecule has 0 spiro atoms. The average Bonchev–Trinajstić information content (AvgIpc) is 2.38. The molecule has 0 aliphatic carbocycles. The van der Waals surface area contributed by atoms with Crippen LogP contribution in [0.4, 0.5) is 0 Å². The summed E-state index contributed by atoms with van der Waals surface area (Å²) in [6.45, 7) is 0.683. The Hall–Kier alpha value is -1.26. The second-order valence-electron chi connectivity index (χ2n) is 2.85. The van der Waals surface area contributed by atoms with Gasteiger partial charge in [0.05, 0.1) is 12.3 Å². The first-order valence-electron chi connectivity index (χ1n) is 4.94. The minimum Gasteiger partial charge on any atom is -0.272 e. The summed E-state index contributed by atoms with van der Waals surface area (Å²) in [6, 6.07) is 1.80. The summed E-state index contributed by atoms with van der Waals surface area (Å²) < 4.78 is 0. The van der Waals surface area contributed by atoms with E-state index in [2.05, 4.69) is 20.3 Å². The molecule has 17 heavy (non-hydrogen) atoms. The van der Waals surface area contributed by atoms with Crippen molar-refractivity contribution in [2.75, 3.05) is 18.6 Å². The zero-order valence-electron chi connectivity index (χ0n) is 9.46. The molecule has 1 heterocycles. The van der Waals surface area contributed by atoms with Crippen LogP contribution in [0.15, 0.2) is 23.5 Å². The number of rotatable bonds is 5. The lowest BCUT2D eigenvalue weighted by Crippen LogP contribution is -2.13. The van der Waals surface area contributed by atoms with Crippen molar-refractivity contribution in [1.82, 2.24) is 15.3 Å². The predicted octanol–water partition coefficient (Wildman–Crippen LogP) is 1.50. The van der Waals surface area contributed by atoms with Gasteiger partial charge in [0.25, 0.3) is 0 Å². The second-order valence-corrected chi connectivity index (χ2v) is 4.75. The number of hydrogen-bond donors (Lipinski definition) is 1. The molecule has 0 radical (unpaired) electrons. The van der Waals surface area contributed by atoms with Crippen LogP contribution in [0.1, 0.15) is 5.82 Å². The molecule has 1 N–H and O–H groups in total. The van der Waals surface area contributed by atoms with E-state index in [1.54, 1.807) is 30.2 Å². The Morgan fingerprint density at radius 3 is 2.94 bits per heavy atom. The van der Waals surface area contributed by atoms with Crippen molar-refractivity contribution in [1.29, 1.82) is 5.26 Å². The maximum Gasteiger partial charge on any atom is 0.183 e. The molecule has 0 aromatic carbocycles. The van der Waals surface area contributed by atoms with Crippen molar-refractivity contribution in [3.05, 3.63) is 24.3 Å². The molecular weight excluding hydrogens is 254 g/mol. The van der Waals surface area contributed by atoms with Gasteiger partial charge in [-0.1, -0.05) is 11.8 Å². The van der Waals surface area contributed by atoms with Gasteiger partial charge in [0.15, 0.2) is 11.4 Å². The van der Waals surface area contributed by atoms with E-state index in [4.69, 9.17) is 5.26 Å². The Kier molecular flexibility index (Phi) is 7.18. The van der Waals surface area contributed by atoms with Crippen LogP contribution >= 0.6 is 23.5 Å². The Bertz CT molecular complexity index is 387. The van der Waals surface area contributed by atoms with Crippen LogP contribution in [0.5, 0.6) is 0 Å². The number of aromatic nitrogens is 2. The van der Waals surface area contributed by atoms with Gasteiger partial charge in [0, 0.05) is 18.1 Å². The van der Waals surface area contributed by atoms with E-state index in [1.807, 2.05) is 12.4 Å². The highest BCUT2D eigenvalue weighted by atomic mass is 32.2. The van der Waals surface area contributed by atoms with Crippen molar-refractivity contribution >= 4 is 28.7 Å². The van der Waals surface area contributed by atoms with Crippen molar-refractivity contribution < 1.29 is 0 Å². The summed E-state index contributed by atoms with van der Waals surface area (Å²) in [5.41, 5.74) is 0. The molecule has 0 atom stereocenters. The lowest BCUT2D eigenvalue weighted by Gasteiger charge is -2.00. The third-order valence-corrected chi connectivity index (χ3v) is 3.25. The number of thioether (sulfide) groups is 2. The Labute approximate surface area is 109 Å². The highest BCUT2D eigenvalue weighted by Crippen LogP contribution is 2.07. The van der Waals surface area contributed by atoms with E-state index < -0.39 is 0 Å². The maximum atomic E-state index is 8.44. The molecule has 0 saturated carbocycles. The van der Waals surface area contributed by atoms with Crippen LogP contribution in [0.3, 0.4) is 0 Å². The van der Waals surface area contributed by atoms with Crippen LogP contribution < -0.4 is 5.32 Å². The van der Waals surface area contributed by atoms with Crippen molar-refractivity contribution in [3.63, 3.8) is 0 Å². The molecule has 0 aliphatic heterocycles. The standard InChI is InChI=1S/C10H13N5S2/c1-16-10(15-8-11)14-5-6-17-7-9-12-3-2-4-13-9/h2-4H,5-7H2,1H3,(H,14,15). The smallest absolute Gasteiger partial charge is 0.183 e. The summed E-state index contributed by atoms with van der Waals surface area (Å²) in [5.74, 6) is 2.51. The quantitative estimate of drug-likeness (QED) is 0.286. The van der Waals surface area contributed by atoms with Gasteiger partial charge in [-0.15, -0.1) is 0 Å². The predicted molar refractivity (Wildman–Crippen MR) is 72.8 cm³/mol. The molecule has 0 bridgehead atoms. The molecule has 7 heteroatoms. The van der Waals surface area contributed by atoms with Crippen molar-refractivity contribution in [2.45, 2.75) is 5.75 Å². The van der Waals surface area contributed by atoms with E-state index in [0.717, 1.165) is 17.3 Å². The van der Waals surface area contributed by atoms with Gasteiger partial charge in [-0.2, -0.15) is 17.0 Å². The fourth-order valence-electron chi connectivity index (χ4n) is 0.983. The minimum absolute atomic E-state index is 0.657. The SMILES string of the molecule is CSC(=NCCSCc1ncccn1)NC#N. The van der Waals surface area contributed by atoms with E-state index in [9.17, 15) is 0 Å². The van der Waals surface area contributed by atoms with Crippen LogP contribution in [0, 0.1) is 11.5 Å². The Balaban J connectivity index is 2.18. The first-order valence-corrected chi connectivity index (χ1v) is 7.32. The van der Waals surface area contributed by atoms with E-state index >= 15 is 0 Å². The fraction of sp³-hybridized carbons (Fsp3) is 0.400. The number of amidine groups is 1. The minimum atomic E-state index is 0.657.